The lowest BCUT2D eigenvalue weighted by molar-refractivity contribution is -0.135. The van der Waals surface area contributed by atoms with Gasteiger partial charge in [0.1, 0.15) is 24.5 Å². The van der Waals surface area contributed by atoms with Crippen molar-refractivity contribution in [2.24, 2.45) is 5.92 Å². The first kappa shape index (κ1) is 37.7. The molecule has 1 saturated heterocycles. The van der Waals surface area contributed by atoms with Crippen LogP contribution in [-0.4, -0.2) is 77.4 Å². The zero-order valence-electron chi connectivity index (χ0n) is 28.7. The Morgan fingerprint density at radius 1 is 0.980 bits per heavy atom. The van der Waals surface area contributed by atoms with Gasteiger partial charge in [-0.2, -0.15) is 0 Å². The molecule has 3 atom stereocenters. The second kappa shape index (κ2) is 18.0. The highest BCUT2D eigenvalue weighted by molar-refractivity contribution is 6.30. The number of aldehydes is 1. The summed E-state index contributed by atoms with van der Waals surface area (Å²) in [7, 11) is 0. The van der Waals surface area contributed by atoms with Crippen LogP contribution in [-0.2, 0) is 30.5 Å². The average Bonchev–Trinajstić information content (AvgIpc) is 3.08. The fourth-order valence-corrected chi connectivity index (χ4v) is 6.56. The van der Waals surface area contributed by atoms with E-state index in [9.17, 15) is 24.0 Å². The number of benzene rings is 2. The zero-order valence-corrected chi connectivity index (χ0v) is 29.5. The quantitative estimate of drug-likeness (QED) is 0.253. The van der Waals surface area contributed by atoms with Crippen LogP contribution in [0.15, 0.2) is 54.6 Å². The van der Waals surface area contributed by atoms with E-state index < -0.39 is 41.8 Å². The third kappa shape index (κ3) is 12.1. The van der Waals surface area contributed by atoms with Crippen molar-refractivity contribution in [3.05, 3.63) is 70.7 Å². The summed E-state index contributed by atoms with van der Waals surface area (Å²) in [6.45, 7) is 6.29. The number of nitrogens with zero attached hydrogens (tertiary/aromatic N) is 2. The summed E-state index contributed by atoms with van der Waals surface area (Å²) in [6, 6.07) is 14.2. The Morgan fingerprint density at radius 2 is 1.71 bits per heavy atom. The molecule has 1 saturated carbocycles. The zero-order chi connectivity index (χ0) is 35.4. The minimum Gasteiger partial charge on any atom is -0.445 e. The minimum absolute atomic E-state index is 0.0135. The number of ether oxygens (including phenoxy) is 2. The molecule has 2 aliphatic rings. The molecule has 2 N–H and O–H groups in total. The van der Waals surface area contributed by atoms with Crippen molar-refractivity contribution < 1.29 is 33.4 Å². The second-order valence-corrected chi connectivity index (χ2v) is 14.3. The SMILES string of the molecule is CC(C)(C)OC(=O)N1CCN(C(=O)CCC(C=O)NC(=O)C(CC2CCCCC2)NC(=O)OCc2cccc(Cl)c2)CC1c1ccccc1. The van der Waals surface area contributed by atoms with Crippen LogP contribution in [0.5, 0.6) is 0 Å². The number of rotatable bonds is 12. The largest absolute Gasteiger partial charge is 0.445 e. The first-order valence-corrected chi connectivity index (χ1v) is 17.6. The topological polar surface area (TPSA) is 134 Å². The van der Waals surface area contributed by atoms with Gasteiger partial charge in [-0.1, -0.05) is 86.2 Å². The van der Waals surface area contributed by atoms with Crippen LogP contribution in [0.1, 0.15) is 89.3 Å². The predicted octanol–water partition coefficient (Wildman–Crippen LogP) is 6.19. The highest BCUT2D eigenvalue weighted by Gasteiger charge is 2.36. The summed E-state index contributed by atoms with van der Waals surface area (Å²) < 4.78 is 11.0. The standard InChI is InChI=1S/C37H49ClN4O7/c1-37(2,3)49-36(47)42-20-19-41(23-32(42)28-14-8-5-9-15-28)33(44)18-17-30(24-43)39-34(45)31(22-26-11-6-4-7-12-26)40-35(46)48-25-27-13-10-16-29(38)21-27/h5,8-10,13-16,21,24,26,30-32H,4,6-7,11-12,17-20,22-23,25H2,1-3H3,(H,39,45)(H,40,46). The van der Waals surface area contributed by atoms with Crippen LogP contribution in [0.4, 0.5) is 9.59 Å². The molecule has 0 aromatic heterocycles. The summed E-state index contributed by atoms with van der Waals surface area (Å²) in [4.78, 5) is 68.2. The van der Waals surface area contributed by atoms with E-state index in [-0.39, 0.29) is 44.4 Å². The van der Waals surface area contributed by atoms with Crippen LogP contribution in [0, 0.1) is 5.92 Å². The number of alkyl carbamates (subject to hydrolysis) is 1. The maximum atomic E-state index is 13.5. The van der Waals surface area contributed by atoms with Crippen LogP contribution in [0.3, 0.4) is 0 Å². The lowest BCUT2D eigenvalue weighted by Crippen LogP contribution is -2.53. The predicted molar refractivity (Wildman–Crippen MR) is 186 cm³/mol. The first-order chi connectivity index (χ1) is 23.4. The van der Waals surface area contributed by atoms with E-state index in [0.29, 0.717) is 29.8 Å². The van der Waals surface area contributed by atoms with Crippen LogP contribution in [0.2, 0.25) is 5.02 Å². The fraction of sp³-hybridized carbons (Fsp3) is 0.541. The molecule has 266 valence electrons. The number of halogens is 1. The van der Waals surface area contributed by atoms with Crippen molar-refractivity contribution in [1.29, 1.82) is 0 Å². The molecular formula is C37H49ClN4O7. The van der Waals surface area contributed by atoms with Crippen LogP contribution < -0.4 is 10.6 Å². The highest BCUT2D eigenvalue weighted by Crippen LogP contribution is 2.29. The number of nitrogens with one attached hydrogen (secondary N) is 2. The molecule has 1 aliphatic carbocycles. The highest BCUT2D eigenvalue weighted by atomic mass is 35.5. The van der Waals surface area contributed by atoms with Gasteiger partial charge in [-0.05, 0) is 62.8 Å². The Balaban J connectivity index is 1.35. The molecule has 1 aliphatic heterocycles. The van der Waals surface area contributed by atoms with E-state index in [1.165, 1.54) is 0 Å². The summed E-state index contributed by atoms with van der Waals surface area (Å²) in [6.07, 6.45) is 5.15. The Labute approximate surface area is 294 Å². The molecule has 4 rings (SSSR count). The summed E-state index contributed by atoms with van der Waals surface area (Å²) in [5, 5.41) is 5.97. The third-order valence-electron chi connectivity index (χ3n) is 8.87. The van der Waals surface area contributed by atoms with Gasteiger partial charge in [0, 0.05) is 31.1 Å². The molecule has 0 radical (unpaired) electrons. The monoisotopic (exact) mass is 696 g/mol. The molecule has 12 heteroatoms. The van der Waals surface area contributed by atoms with Gasteiger partial charge in [0.25, 0.3) is 0 Å². The molecule has 49 heavy (non-hydrogen) atoms. The van der Waals surface area contributed by atoms with E-state index in [0.717, 1.165) is 37.7 Å². The van der Waals surface area contributed by atoms with Gasteiger partial charge in [0.15, 0.2) is 0 Å². The molecule has 2 aromatic carbocycles. The molecule has 2 aromatic rings. The number of piperazine rings is 1. The van der Waals surface area contributed by atoms with Crippen molar-refractivity contribution in [2.75, 3.05) is 19.6 Å². The van der Waals surface area contributed by atoms with E-state index in [4.69, 9.17) is 21.1 Å². The van der Waals surface area contributed by atoms with Gasteiger partial charge in [-0.3, -0.25) is 14.5 Å². The Bertz CT molecular complexity index is 1430. The number of hydrogen-bond donors (Lipinski definition) is 2. The van der Waals surface area contributed by atoms with Gasteiger partial charge >= 0.3 is 12.2 Å². The molecule has 2 fully saturated rings. The van der Waals surface area contributed by atoms with Crippen molar-refractivity contribution in [1.82, 2.24) is 20.4 Å². The molecular weight excluding hydrogens is 648 g/mol. The van der Waals surface area contributed by atoms with Crippen molar-refractivity contribution in [3.8, 4) is 0 Å². The Morgan fingerprint density at radius 3 is 2.39 bits per heavy atom. The number of carbonyl (C=O) groups is 5. The maximum Gasteiger partial charge on any atom is 0.410 e. The molecule has 4 amide bonds. The molecule has 3 unspecified atom stereocenters. The fourth-order valence-electron chi connectivity index (χ4n) is 6.35. The van der Waals surface area contributed by atoms with Gasteiger partial charge in [0.05, 0.1) is 12.1 Å². The van der Waals surface area contributed by atoms with Crippen LogP contribution >= 0.6 is 11.6 Å². The third-order valence-corrected chi connectivity index (χ3v) is 9.10. The second-order valence-electron chi connectivity index (χ2n) is 13.9. The van der Waals surface area contributed by atoms with Crippen molar-refractivity contribution >= 4 is 41.9 Å². The normalized spacial score (nSPS) is 18.2. The molecule has 1 heterocycles. The van der Waals surface area contributed by atoms with Crippen LogP contribution in [0.25, 0.3) is 0 Å². The number of carbonyl (C=O) groups excluding carboxylic acids is 5. The molecule has 11 nitrogen and oxygen atoms in total. The van der Waals surface area contributed by atoms with Gasteiger partial charge < -0.3 is 29.8 Å². The lowest BCUT2D eigenvalue weighted by Gasteiger charge is -2.42. The average molecular weight is 697 g/mol. The minimum atomic E-state index is -0.928. The Kier molecular flexibility index (Phi) is 13.9. The van der Waals surface area contributed by atoms with E-state index in [1.807, 2.05) is 51.1 Å². The van der Waals surface area contributed by atoms with Gasteiger partial charge in [-0.25, -0.2) is 9.59 Å². The molecule has 0 bridgehead atoms. The maximum absolute atomic E-state index is 13.5. The summed E-state index contributed by atoms with van der Waals surface area (Å²) in [5.74, 6) is -0.428. The van der Waals surface area contributed by atoms with Crippen molar-refractivity contribution in [2.45, 2.75) is 102 Å². The van der Waals surface area contributed by atoms with E-state index >= 15 is 0 Å². The Hall–Kier alpha value is -4.12. The van der Waals surface area contributed by atoms with E-state index in [1.54, 1.807) is 34.1 Å². The van der Waals surface area contributed by atoms with Crippen molar-refractivity contribution in [3.63, 3.8) is 0 Å². The lowest BCUT2D eigenvalue weighted by atomic mass is 9.84. The number of amides is 4. The molecule has 0 spiro atoms. The first-order valence-electron chi connectivity index (χ1n) is 17.2. The smallest absolute Gasteiger partial charge is 0.410 e. The van der Waals surface area contributed by atoms with Gasteiger partial charge in [0.2, 0.25) is 11.8 Å². The van der Waals surface area contributed by atoms with E-state index in [2.05, 4.69) is 10.6 Å². The van der Waals surface area contributed by atoms with Gasteiger partial charge in [-0.15, -0.1) is 0 Å². The summed E-state index contributed by atoms with van der Waals surface area (Å²) in [5.41, 5.74) is 0.927. The number of hydrogen-bond acceptors (Lipinski definition) is 7. The summed E-state index contributed by atoms with van der Waals surface area (Å²) >= 11 is 6.03.